The van der Waals surface area contributed by atoms with Crippen molar-refractivity contribution < 1.29 is 19.8 Å². The van der Waals surface area contributed by atoms with Crippen molar-refractivity contribution in [2.45, 2.75) is 37.8 Å². The molecule has 1 aliphatic heterocycles. The molecule has 3 heteroatoms. The van der Waals surface area contributed by atoms with Gasteiger partial charge in [0.2, 0.25) is 0 Å². The summed E-state index contributed by atoms with van der Waals surface area (Å²) in [5.74, 6) is 0. The topological polar surface area (TPSA) is 12.5 Å². The maximum Gasteiger partial charge on any atom is 0.115 e. The molecule has 2 aromatic rings. The number of halogens is 1. The smallest absolute Gasteiger partial charge is 0.115 e. The minimum Gasteiger partial charge on any atom is -0.366 e. The minimum absolute atomic E-state index is 0.118. The molecule has 1 aliphatic rings. The summed E-state index contributed by atoms with van der Waals surface area (Å²) in [5, 5.41) is -0.456. The summed E-state index contributed by atoms with van der Waals surface area (Å²) in [6, 6.07) is -6.16. The molecule has 0 saturated carbocycles. The number of benzene rings is 2. The van der Waals surface area contributed by atoms with Gasteiger partial charge in [0.25, 0.3) is 0 Å². The van der Waals surface area contributed by atoms with Gasteiger partial charge in [-0.1, -0.05) is 53.9 Å². The van der Waals surface area contributed by atoms with Crippen molar-refractivity contribution in [3.05, 3.63) is 70.5 Å². The normalized spacial score (nSPS) is 28.0. The van der Waals surface area contributed by atoms with E-state index < -0.39 is 82.7 Å². The van der Waals surface area contributed by atoms with Crippen molar-refractivity contribution in [2.75, 3.05) is 20.2 Å². The largest absolute Gasteiger partial charge is 0.366 e. The Kier molecular flexibility index (Phi) is 2.68. The zero-order valence-corrected chi connectivity index (χ0v) is 14.4. The van der Waals surface area contributed by atoms with Crippen LogP contribution in [-0.2, 0) is 10.3 Å². The van der Waals surface area contributed by atoms with Crippen LogP contribution in [-0.4, -0.2) is 31.1 Å². The Morgan fingerprint density at radius 3 is 2.50 bits per heavy atom. The first-order valence-electron chi connectivity index (χ1n) is 13.3. The van der Waals surface area contributed by atoms with Gasteiger partial charge in [0.15, 0.2) is 0 Å². The van der Waals surface area contributed by atoms with Crippen molar-refractivity contribution in [3.8, 4) is 0 Å². The van der Waals surface area contributed by atoms with Crippen LogP contribution in [0.25, 0.3) is 0 Å². The Balaban J connectivity index is 2.34. The highest BCUT2D eigenvalue weighted by Crippen LogP contribution is 2.34. The molecular formula is C21H26ClNO. The van der Waals surface area contributed by atoms with Crippen LogP contribution in [0.2, 0.25) is 5.02 Å². The number of ether oxygens (including phenoxy) is 1. The van der Waals surface area contributed by atoms with Gasteiger partial charge in [0.1, 0.15) is 5.60 Å². The van der Waals surface area contributed by atoms with E-state index in [1.807, 2.05) is 11.9 Å². The molecule has 0 bridgehead atoms. The summed E-state index contributed by atoms with van der Waals surface area (Å²) >= 11 is 5.96. The van der Waals surface area contributed by atoms with E-state index >= 15 is 0 Å². The Labute approximate surface area is 165 Å². The average Bonchev–Trinajstić information content (AvgIpc) is 3.16. The summed E-state index contributed by atoms with van der Waals surface area (Å²) in [7, 11) is 1.85. The van der Waals surface area contributed by atoms with Crippen LogP contribution in [0.3, 0.4) is 0 Å². The van der Waals surface area contributed by atoms with Crippen molar-refractivity contribution in [1.82, 2.24) is 4.90 Å². The highest BCUT2D eigenvalue weighted by atomic mass is 35.5. The lowest BCUT2D eigenvalue weighted by molar-refractivity contribution is -0.0117. The molecule has 0 unspecified atom stereocenters. The zero-order valence-electron chi connectivity index (χ0n) is 24.6. The van der Waals surface area contributed by atoms with Gasteiger partial charge >= 0.3 is 0 Å². The lowest BCUT2D eigenvalue weighted by Gasteiger charge is -2.32. The fourth-order valence-corrected chi connectivity index (χ4v) is 2.87. The van der Waals surface area contributed by atoms with Gasteiger partial charge in [-0.3, -0.25) is 0 Å². The second kappa shape index (κ2) is 7.69. The number of hydrogen-bond acceptors (Lipinski definition) is 2. The molecule has 1 saturated heterocycles. The minimum atomic E-state index is -2.43. The Morgan fingerprint density at radius 2 is 1.88 bits per heavy atom. The average molecular weight is 355 g/mol. The van der Waals surface area contributed by atoms with Crippen molar-refractivity contribution in [1.29, 1.82) is 0 Å². The predicted molar refractivity (Wildman–Crippen MR) is 101 cm³/mol. The van der Waals surface area contributed by atoms with E-state index in [0.717, 1.165) is 13.0 Å². The van der Waals surface area contributed by atoms with E-state index in [1.54, 1.807) is 0 Å². The van der Waals surface area contributed by atoms with Crippen LogP contribution in [0, 0.1) is 0 Å². The number of nitrogens with zero attached hydrogens (tertiary/aromatic N) is 1. The Bertz CT molecular complexity index is 1050. The molecule has 0 radical (unpaired) electrons. The molecule has 0 aromatic heterocycles. The maximum atomic E-state index is 8.64. The fourth-order valence-electron chi connectivity index (χ4n) is 2.77. The molecule has 0 spiro atoms. The monoisotopic (exact) mass is 354 g/mol. The lowest BCUT2D eigenvalue weighted by Crippen LogP contribution is -2.31. The van der Waals surface area contributed by atoms with Crippen LogP contribution < -0.4 is 0 Å². The molecular weight excluding hydrogens is 318 g/mol. The van der Waals surface area contributed by atoms with Crippen LogP contribution in [0.1, 0.15) is 52.4 Å². The van der Waals surface area contributed by atoms with Gasteiger partial charge in [-0.2, -0.15) is 0 Å². The van der Waals surface area contributed by atoms with Gasteiger partial charge in [-0.05, 0) is 63.0 Å². The SMILES string of the molecule is [2H]c1c([2H])c([2H])c([C@@](C)(OC([2H])([2H])C[C@H]2CCCN2C)c2c([2H])c([2H])c(Cl)c([2H])c2[2H])c([2H])c1[2H]. The fraction of sp³-hybridized carbons (Fsp3) is 0.429. The quantitative estimate of drug-likeness (QED) is 0.715. The highest BCUT2D eigenvalue weighted by Gasteiger charge is 2.30. The van der Waals surface area contributed by atoms with Crippen molar-refractivity contribution in [3.63, 3.8) is 0 Å². The molecule has 1 heterocycles. The molecule has 0 amide bonds. The predicted octanol–water partition coefficient (Wildman–Crippen LogP) is 5.10. The first kappa shape index (κ1) is 8.35. The molecule has 2 atom stereocenters. The van der Waals surface area contributed by atoms with Crippen molar-refractivity contribution in [2.24, 2.45) is 0 Å². The van der Waals surface area contributed by atoms with Crippen LogP contribution in [0.15, 0.2) is 54.4 Å². The molecule has 2 nitrogen and oxygen atoms in total. The first-order chi connectivity index (χ1) is 16.0. The summed E-state index contributed by atoms with van der Waals surface area (Å²) in [6.07, 6.45) is 1.47. The van der Waals surface area contributed by atoms with E-state index in [2.05, 4.69) is 0 Å². The van der Waals surface area contributed by atoms with E-state index in [9.17, 15) is 0 Å². The van der Waals surface area contributed by atoms with Gasteiger partial charge in [0.05, 0.1) is 15.1 Å². The second-order valence-electron chi connectivity index (χ2n) is 5.95. The second-order valence-corrected chi connectivity index (χ2v) is 6.33. The molecule has 3 rings (SSSR count). The Hall–Kier alpha value is -1.35. The van der Waals surface area contributed by atoms with Gasteiger partial charge in [-0.25, -0.2) is 0 Å². The molecule has 0 N–H and O–H groups in total. The van der Waals surface area contributed by atoms with Gasteiger partial charge in [-0.15, -0.1) is 0 Å². The third-order valence-corrected chi connectivity index (χ3v) is 4.50. The van der Waals surface area contributed by atoms with Gasteiger partial charge in [0, 0.05) is 17.6 Å². The molecule has 0 aliphatic carbocycles. The van der Waals surface area contributed by atoms with E-state index in [-0.39, 0.29) is 12.5 Å². The third-order valence-electron chi connectivity index (χ3n) is 4.32. The van der Waals surface area contributed by atoms with Crippen LogP contribution in [0.4, 0.5) is 0 Å². The number of likely N-dealkylation sites (tertiary alicyclic amines) is 1. The van der Waals surface area contributed by atoms with Gasteiger partial charge < -0.3 is 9.64 Å². The van der Waals surface area contributed by atoms with E-state index in [1.165, 1.54) is 6.92 Å². The standard InChI is InChI=1S/C21H26ClNO/c1-21(17-7-4-3-5-8-17,18-10-12-19(22)13-11-18)24-16-14-20-9-6-15-23(20)2/h3-5,7-8,10-13,20H,6,9,14-16H2,1-2H3/t20-,21-/m1/s1/i3D,4D,5D,7D,8D,10D,11D,12D,13D,16D2. The summed E-state index contributed by atoms with van der Waals surface area (Å²) in [6.45, 7) is -0.449. The molecule has 1 fully saturated rings. The number of hydrogen-bond donors (Lipinski definition) is 0. The summed E-state index contributed by atoms with van der Waals surface area (Å²) in [4.78, 5) is 1.97. The zero-order chi connectivity index (χ0) is 26.6. The van der Waals surface area contributed by atoms with E-state index in [0.29, 0.717) is 6.42 Å². The summed E-state index contributed by atoms with van der Waals surface area (Å²) in [5.41, 5.74) is -3.26. The van der Waals surface area contributed by atoms with E-state index in [4.69, 9.17) is 31.4 Å². The Morgan fingerprint density at radius 1 is 1.21 bits per heavy atom. The molecule has 2 aromatic carbocycles. The first-order valence-corrected chi connectivity index (χ1v) is 8.17. The van der Waals surface area contributed by atoms with Crippen molar-refractivity contribution >= 4 is 11.6 Å². The highest BCUT2D eigenvalue weighted by molar-refractivity contribution is 6.30. The number of rotatable bonds is 6. The molecule has 24 heavy (non-hydrogen) atoms. The lowest BCUT2D eigenvalue weighted by atomic mass is 9.88. The maximum absolute atomic E-state index is 8.64. The van der Waals surface area contributed by atoms with Crippen LogP contribution >= 0.6 is 11.6 Å². The summed E-state index contributed by atoms with van der Waals surface area (Å²) < 4.78 is 97.5. The third kappa shape index (κ3) is 3.83. The molecule has 128 valence electrons. The van der Waals surface area contributed by atoms with Crippen LogP contribution in [0.5, 0.6) is 0 Å².